The molecule has 1 aliphatic rings. The number of rotatable bonds is 4. The molecule has 0 atom stereocenters. The highest BCUT2D eigenvalue weighted by molar-refractivity contribution is 5.56. The summed E-state index contributed by atoms with van der Waals surface area (Å²) in [6.07, 6.45) is 1.66. The predicted molar refractivity (Wildman–Crippen MR) is 79.4 cm³/mol. The van der Waals surface area contributed by atoms with Crippen LogP contribution >= 0.6 is 0 Å². The zero-order valence-electron chi connectivity index (χ0n) is 12.0. The van der Waals surface area contributed by atoms with Crippen LogP contribution in [-0.2, 0) is 17.8 Å². The van der Waals surface area contributed by atoms with E-state index in [-0.39, 0.29) is 5.56 Å². The van der Waals surface area contributed by atoms with Gasteiger partial charge in [0.1, 0.15) is 11.6 Å². The predicted octanol–water partition coefficient (Wildman–Crippen LogP) is 2.30. The highest BCUT2D eigenvalue weighted by Crippen LogP contribution is 2.20. The van der Waals surface area contributed by atoms with E-state index in [2.05, 4.69) is 16.9 Å². The molecule has 5 nitrogen and oxygen atoms in total. The van der Waals surface area contributed by atoms with Gasteiger partial charge >= 0.3 is 0 Å². The van der Waals surface area contributed by atoms with Crippen molar-refractivity contribution in [2.45, 2.75) is 26.4 Å². The number of aromatic nitrogens is 2. The molecule has 0 radical (unpaired) electrons. The van der Waals surface area contributed by atoms with Crippen LogP contribution in [0.25, 0.3) is 11.4 Å². The Morgan fingerprint density at radius 3 is 2.90 bits per heavy atom. The van der Waals surface area contributed by atoms with Crippen molar-refractivity contribution in [1.82, 2.24) is 9.97 Å². The second-order valence-corrected chi connectivity index (χ2v) is 5.02. The monoisotopic (exact) mass is 286 g/mol. The van der Waals surface area contributed by atoms with Crippen molar-refractivity contribution in [3.05, 3.63) is 45.9 Å². The summed E-state index contributed by atoms with van der Waals surface area (Å²) in [6, 6.07) is 7.62. The quantitative estimate of drug-likeness (QED) is 0.936. The van der Waals surface area contributed by atoms with E-state index in [1.807, 2.05) is 24.3 Å². The summed E-state index contributed by atoms with van der Waals surface area (Å²) in [4.78, 5) is 19.5. The third-order valence-electron chi connectivity index (χ3n) is 3.43. The number of nitrogens with zero attached hydrogens (tertiary/aromatic N) is 1. The van der Waals surface area contributed by atoms with Crippen LogP contribution in [0.15, 0.2) is 29.1 Å². The summed E-state index contributed by atoms with van der Waals surface area (Å²) >= 11 is 0. The summed E-state index contributed by atoms with van der Waals surface area (Å²) in [7, 11) is 0. The molecule has 5 heteroatoms. The highest BCUT2D eigenvalue weighted by Gasteiger charge is 2.16. The lowest BCUT2D eigenvalue weighted by molar-refractivity contribution is 0.108. The molecule has 0 saturated heterocycles. The van der Waals surface area contributed by atoms with E-state index < -0.39 is 0 Å². The molecule has 0 saturated carbocycles. The Bertz CT molecular complexity index is 677. The number of nitrogens with one attached hydrogen (secondary N) is 1. The van der Waals surface area contributed by atoms with Crippen molar-refractivity contribution in [2.24, 2.45) is 0 Å². The smallest absolute Gasteiger partial charge is 0.256 e. The van der Waals surface area contributed by atoms with E-state index in [0.29, 0.717) is 37.6 Å². The molecule has 2 heterocycles. The fourth-order valence-corrected chi connectivity index (χ4v) is 2.31. The van der Waals surface area contributed by atoms with Gasteiger partial charge in [-0.2, -0.15) is 0 Å². The Morgan fingerprint density at radius 2 is 2.14 bits per heavy atom. The fourth-order valence-electron chi connectivity index (χ4n) is 2.31. The molecular weight excluding hydrogens is 268 g/mol. The molecule has 110 valence electrons. The van der Waals surface area contributed by atoms with Gasteiger partial charge < -0.3 is 14.5 Å². The van der Waals surface area contributed by atoms with E-state index in [0.717, 1.165) is 23.4 Å². The maximum absolute atomic E-state index is 12.1. The van der Waals surface area contributed by atoms with Gasteiger partial charge in [0.15, 0.2) is 0 Å². The van der Waals surface area contributed by atoms with Crippen LogP contribution in [0, 0.1) is 0 Å². The van der Waals surface area contributed by atoms with Crippen LogP contribution < -0.4 is 10.3 Å². The van der Waals surface area contributed by atoms with Crippen molar-refractivity contribution in [2.75, 3.05) is 13.2 Å². The fraction of sp³-hybridized carbons (Fsp3) is 0.375. The molecule has 1 aromatic heterocycles. The molecule has 0 aliphatic carbocycles. The highest BCUT2D eigenvalue weighted by atomic mass is 16.5. The molecule has 1 N–H and O–H groups in total. The average Bonchev–Trinajstić information content (AvgIpc) is 2.53. The van der Waals surface area contributed by atoms with Crippen molar-refractivity contribution < 1.29 is 9.47 Å². The summed E-state index contributed by atoms with van der Waals surface area (Å²) < 4.78 is 10.9. The average molecular weight is 286 g/mol. The third-order valence-corrected chi connectivity index (χ3v) is 3.43. The van der Waals surface area contributed by atoms with Crippen LogP contribution in [0.3, 0.4) is 0 Å². The van der Waals surface area contributed by atoms with Gasteiger partial charge in [0.25, 0.3) is 5.56 Å². The minimum Gasteiger partial charge on any atom is -0.494 e. The van der Waals surface area contributed by atoms with Crippen LogP contribution in [0.4, 0.5) is 0 Å². The second-order valence-electron chi connectivity index (χ2n) is 5.02. The van der Waals surface area contributed by atoms with Gasteiger partial charge in [-0.05, 0) is 30.7 Å². The first-order chi connectivity index (χ1) is 10.3. The lowest BCUT2D eigenvalue weighted by Gasteiger charge is -2.15. The first-order valence-electron chi connectivity index (χ1n) is 7.21. The van der Waals surface area contributed by atoms with Crippen molar-refractivity contribution >= 4 is 0 Å². The van der Waals surface area contributed by atoms with Gasteiger partial charge in [0.2, 0.25) is 0 Å². The minimum atomic E-state index is -0.110. The maximum atomic E-state index is 12.1. The number of hydrogen-bond acceptors (Lipinski definition) is 4. The summed E-state index contributed by atoms with van der Waals surface area (Å²) in [5.41, 5.74) is 2.26. The molecule has 21 heavy (non-hydrogen) atoms. The van der Waals surface area contributed by atoms with Crippen molar-refractivity contribution in [3.63, 3.8) is 0 Å². The summed E-state index contributed by atoms with van der Waals surface area (Å²) in [6.45, 7) is 3.74. The largest absolute Gasteiger partial charge is 0.494 e. The molecule has 3 rings (SSSR count). The Kier molecular flexibility index (Phi) is 4.01. The molecule has 2 aromatic rings. The minimum absolute atomic E-state index is 0.110. The molecule has 0 amide bonds. The van der Waals surface area contributed by atoms with Gasteiger partial charge in [-0.1, -0.05) is 6.92 Å². The van der Waals surface area contributed by atoms with Gasteiger partial charge in [0.05, 0.1) is 31.1 Å². The van der Waals surface area contributed by atoms with Gasteiger partial charge in [0, 0.05) is 12.0 Å². The zero-order chi connectivity index (χ0) is 14.7. The number of H-pyrrole nitrogens is 1. The van der Waals surface area contributed by atoms with E-state index in [9.17, 15) is 4.79 Å². The topological polar surface area (TPSA) is 64.2 Å². The second kappa shape index (κ2) is 6.10. The maximum Gasteiger partial charge on any atom is 0.256 e. The van der Waals surface area contributed by atoms with Crippen LogP contribution in [-0.4, -0.2) is 23.2 Å². The normalized spacial score (nSPS) is 13.8. The first-order valence-corrected chi connectivity index (χ1v) is 7.21. The number of aromatic amines is 1. The molecular formula is C16H18N2O3. The number of hydrogen-bond donors (Lipinski definition) is 1. The Morgan fingerprint density at radius 1 is 1.33 bits per heavy atom. The Hall–Kier alpha value is -2.14. The van der Waals surface area contributed by atoms with Crippen molar-refractivity contribution in [1.29, 1.82) is 0 Å². The third kappa shape index (κ3) is 2.97. The molecule has 0 fully saturated rings. The van der Waals surface area contributed by atoms with Crippen LogP contribution in [0.5, 0.6) is 5.75 Å². The molecule has 0 unspecified atom stereocenters. The van der Waals surface area contributed by atoms with Crippen molar-refractivity contribution in [3.8, 4) is 17.1 Å². The molecule has 1 aromatic carbocycles. The Balaban J connectivity index is 1.90. The Labute approximate surface area is 123 Å². The number of ether oxygens (including phenoxy) is 2. The van der Waals surface area contributed by atoms with Crippen LogP contribution in [0.1, 0.15) is 24.6 Å². The van der Waals surface area contributed by atoms with E-state index in [4.69, 9.17) is 9.47 Å². The SMILES string of the molecule is CCCOc1ccc(-c2nc3c(c(=O)[nH]2)COCC3)cc1. The molecule has 0 bridgehead atoms. The molecule has 1 aliphatic heterocycles. The summed E-state index contributed by atoms with van der Waals surface area (Å²) in [5.74, 6) is 1.43. The zero-order valence-corrected chi connectivity index (χ0v) is 12.0. The first kappa shape index (κ1) is 13.8. The number of fused-ring (bicyclic) bond motifs is 1. The van der Waals surface area contributed by atoms with E-state index in [1.54, 1.807) is 0 Å². The van der Waals surface area contributed by atoms with Gasteiger partial charge in [-0.3, -0.25) is 4.79 Å². The van der Waals surface area contributed by atoms with E-state index in [1.165, 1.54) is 0 Å². The number of benzene rings is 1. The lowest BCUT2D eigenvalue weighted by atomic mass is 10.1. The van der Waals surface area contributed by atoms with Gasteiger partial charge in [-0.25, -0.2) is 4.98 Å². The van der Waals surface area contributed by atoms with Crippen LogP contribution in [0.2, 0.25) is 0 Å². The molecule has 0 spiro atoms. The standard InChI is InChI=1S/C16H18N2O3/c1-2-8-21-12-5-3-11(4-6-12)15-17-14-7-9-20-10-13(14)16(19)18-15/h3-6H,2,7-10H2,1H3,(H,17,18,19). The van der Waals surface area contributed by atoms with E-state index >= 15 is 0 Å². The summed E-state index contributed by atoms with van der Waals surface area (Å²) in [5, 5.41) is 0. The lowest BCUT2D eigenvalue weighted by Crippen LogP contribution is -2.24. The van der Waals surface area contributed by atoms with Gasteiger partial charge in [-0.15, -0.1) is 0 Å².